The van der Waals surface area contributed by atoms with E-state index in [1.54, 1.807) is 18.3 Å². The number of nitrogens with zero attached hydrogens (tertiary/aromatic N) is 2. The lowest BCUT2D eigenvalue weighted by Gasteiger charge is -2.40. The third-order valence-electron chi connectivity index (χ3n) is 10.3. The third-order valence-corrected chi connectivity index (χ3v) is 10.3. The molecule has 15 heteroatoms. The number of hydrogen-bond acceptors (Lipinski definition) is 13. The molecule has 1 aromatic heterocycles. The molecule has 5 atom stereocenters. The maximum absolute atomic E-state index is 14.5. The highest BCUT2D eigenvalue weighted by atomic mass is 16.7. The van der Waals surface area contributed by atoms with Gasteiger partial charge < -0.3 is 56.5 Å². The van der Waals surface area contributed by atoms with Crippen molar-refractivity contribution in [1.29, 1.82) is 0 Å². The van der Waals surface area contributed by atoms with E-state index in [-0.39, 0.29) is 46.3 Å². The number of aliphatic hydroxyl groups is 4. The van der Waals surface area contributed by atoms with E-state index in [0.717, 1.165) is 37.7 Å². The van der Waals surface area contributed by atoms with Crippen LogP contribution < -0.4 is 26.3 Å². The molecule has 15 nitrogen and oxygen atoms in total. The number of benzene rings is 2. The molecule has 0 unspecified atom stereocenters. The maximum atomic E-state index is 14.5. The molecule has 0 spiro atoms. The number of carbonyl (C=O) groups is 2. The minimum Gasteiger partial charge on any atom is -0.507 e. The smallest absolute Gasteiger partial charge is 0.229 e. The zero-order valence-corrected chi connectivity index (χ0v) is 28.3. The molecule has 10 N–H and O–H groups in total. The molecule has 272 valence electrons. The number of aliphatic imine (C=N–C) groups is 1. The van der Waals surface area contributed by atoms with Gasteiger partial charge in [0, 0.05) is 48.0 Å². The molecule has 2 heterocycles. The number of phenolic OH excluding ortho intramolecular Hbond substituents is 1. The van der Waals surface area contributed by atoms with E-state index in [9.17, 15) is 35.1 Å². The number of aromatic hydroxyl groups is 1. The number of nitrogens with one attached hydrogen (secondary N) is 1. The Kier molecular flexibility index (Phi) is 10.2. The number of anilines is 1. The summed E-state index contributed by atoms with van der Waals surface area (Å²) in [6.45, 7) is -0.721. The van der Waals surface area contributed by atoms with Crippen LogP contribution in [0.5, 0.6) is 17.2 Å². The van der Waals surface area contributed by atoms with Crippen molar-refractivity contribution in [2.45, 2.75) is 81.2 Å². The topological polar surface area (TPSA) is 252 Å². The first kappa shape index (κ1) is 36.0. The van der Waals surface area contributed by atoms with Crippen molar-refractivity contribution in [3.05, 3.63) is 75.5 Å². The van der Waals surface area contributed by atoms with E-state index in [1.165, 1.54) is 26.3 Å². The summed E-state index contributed by atoms with van der Waals surface area (Å²) < 4.78 is 16.8. The molecule has 1 saturated heterocycles. The van der Waals surface area contributed by atoms with E-state index in [2.05, 4.69) is 15.3 Å². The largest absolute Gasteiger partial charge is 0.507 e. The summed E-state index contributed by atoms with van der Waals surface area (Å²) in [4.78, 5) is 37.2. The van der Waals surface area contributed by atoms with Crippen molar-refractivity contribution in [2.24, 2.45) is 10.7 Å². The number of nitrogens with two attached hydrogens (primary N) is 2. The Bertz CT molecular complexity index is 1840. The molecule has 2 aromatic carbocycles. The Hall–Kier alpha value is -4.80. The number of hydrogen-bond donors (Lipinski definition) is 8. The number of guanidine groups is 1. The van der Waals surface area contributed by atoms with Crippen LogP contribution in [0.3, 0.4) is 0 Å². The highest BCUT2D eigenvalue weighted by Crippen LogP contribution is 2.46. The van der Waals surface area contributed by atoms with Crippen LogP contribution in [0.2, 0.25) is 0 Å². The van der Waals surface area contributed by atoms with Crippen LogP contribution in [0.15, 0.2) is 41.5 Å². The Morgan fingerprint density at radius 1 is 1.04 bits per heavy atom. The number of ketones is 2. The highest BCUT2D eigenvalue weighted by molar-refractivity contribution is 6.30. The fourth-order valence-corrected chi connectivity index (χ4v) is 7.44. The van der Waals surface area contributed by atoms with Gasteiger partial charge in [-0.2, -0.15) is 0 Å². The molecule has 0 bridgehead atoms. The predicted octanol–water partition coefficient (Wildman–Crippen LogP) is 0.811. The second kappa shape index (κ2) is 14.4. The van der Waals surface area contributed by atoms with Gasteiger partial charge >= 0.3 is 0 Å². The quantitative estimate of drug-likeness (QED) is 0.0887. The van der Waals surface area contributed by atoms with Crippen LogP contribution >= 0.6 is 0 Å². The second-order valence-electron chi connectivity index (χ2n) is 13.3. The number of rotatable bonds is 9. The van der Waals surface area contributed by atoms with Crippen LogP contribution in [0.4, 0.5) is 5.82 Å². The van der Waals surface area contributed by atoms with Gasteiger partial charge in [-0.25, -0.2) is 4.98 Å². The molecule has 3 aromatic rings. The Morgan fingerprint density at radius 3 is 2.41 bits per heavy atom. The first-order valence-corrected chi connectivity index (χ1v) is 16.8. The van der Waals surface area contributed by atoms with Gasteiger partial charge in [-0.1, -0.05) is 25.3 Å². The van der Waals surface area contributed by atoms with Crippen LogP contribution in [-0.4, -0.2) is 99.5 Å². The fourth-order valence-electron chi connectivity index (χ4n) is 7.44. The van der Waals surface area contributed by atoms with Crippen LogP contribution in [-0.2, 0) is 23.1 Å². The van der Waals surface area contributed by atoms with Gasteiger partial charge in [0.15, 0.2) is 11.7 Å². The van der Waals surface area contributed by atoms with Crippen LogP contribution in [0.1, 0.15) is 80.6 Å². The van der Waals surface area contributed by atoms with Gasteiger partial charge in [0.2, 0.25) is 12.1 Å². The fraction of sp³-hybridized carbons (Fsp3) is 0.444. The van der Waals surface area contributed by atoms with E-state index < -0.39 is 60.0 Å². The highest BCUT2D eigenvalue weighted by Gasteiger charge is 2.46. The maximum Gasteiger partial charge on any atom is 0.229 e. The van der Waals surface area contributed by atoms with Gasteiger partial charge in [0.05, 0.1) is 24.8 Å². The normalized spacial score (nSPS) is 24.4. The summed E-state index contributed by atoms with van der Waals surface area (Å²) >= 11 is 0. The number of aromatic nitrogens is 1. The van der Waals surface area contributed by atoms with Gasteiger partial charge in [-0.3, -0.25) is 14.6 Å². The zero-order chi connectivity index (χ0) is 36.6. The molecule has 3 aliphatic rings. The predicted molar refractivity (Wildman–Crippen MR) is 184 cm³/mol. The molecule has 0 amide bonds. The lowest BCUT2D eigenvalue weighted by Crippen LogP contribution is -2.60. The lowest BCUT2D eigenvalue weighted by molar-refractivity contribution is -0.277. The number of aliphatic hydroxyl groups excluding tert-OH is 4. The van der Waals surface area contributed by atoms with E-state index in [4.69, 9.17) is 25.7 Å². The van der Waals surface area contributed by atoms with E-state index >= 15 is 0 Å². The number of nitrogen functional groups attached to an aromatic ring is 1. The summed E-state index contributed by atoms with van der Waals surface area (Å²) in [5.41, 5.74) is 12.9. The summed E-state index contributed by atoms with van der Waals surface area (Å²) in [5.74, 6) is -1.38. The lowest BCUT2D eigenvalue weighted by atomic mass is 9.65. The van der Waals surface area contributed by atoms with Crippen molar-refractivity contribution in [1.82, 2.24) is 10.3 Å². The first-order chi connectivity index (χ1) is 24.4. The Balaban J connectivity index is 1.48. The summed E-state index contributed by atoms with van der Waals surface area (Å²) in [7, 11) is 2.86. The number of methoxy groups -OCH3 is 1. The average Bonchev–Trinajstić information content (AvgIpc) is 3.13. The molecular weight excluding hydrogens is 662 g/mol. The van der Waals surface area contributed by atoms with Crippen LogP contribution in [0.25, 0.3) is 0 Å². The molecule has 0 radical (unpaired) electrons. The van der Waals surface area contributed by atoms with Gasteiger partial charge in [-0.15, -0.1) is 0 Å². The number of carbonyl (C=O) groups excluding carboxylic acids is 2. The second-order valence-corrected chi connectivity index (χ2v) is 13.3. The molecule has 1 aliphatic heterocycles. The molecule has 2 fully saturated rings. The van der Waals surface area contributed by atoms with E-state index in [0.29, 0.717) is 23.4 Å². The average molecular weight is 706 g/mol. The van der Waals surface area contributed by atoms with Crippen molar-refractivity contribution in [3.8, 4) is 17.2 Å². The van der Waals surface area contributed by atoms with Crippen LogP contribution in [0, 0.1) is 0 Å². The van der Waals surface area contributed by atoms with Gasteiger partial charge in [0.1, 0.15) is 47.5 Å². The molecular formula is C36H43N5O10. The Morgan fingerprint density at radius 2 is 1.76 bits per heavy atom. The third kappa shape index (κ3) is 6.58. The first-order valence-electron chi connectivity index (χ1n) is 16.8. The summed E-state index contributed by atoms with van der Waals surface area (Å²) in [5, 5.41) is 55.9. The minimum atomic E-state index is -1.80. The molecule has 6 rings (SSSR count). The number of phenols is 1. The van der Waals surface area contributed by atoms with Gasteiger partial charge in [-0.05, 0) is 48.6 Å². The summed E-state index contributed by atoms with van der Waals surface area (Å²) in [6, 6.07) is 8.04. The van der Waals surface area contributed by atoms with Crippen molar-refractivity contribution >= 4 is 23.3 Å². The SMILES string of the molecule is CN=C(N)NCc1c(CC2(c3ccc(N)nc3)CCCCC2)cc2c(c1O)C(=O)c1c(O[C@@H]3O[C@H](CO)[C@@H](O)[C@H](O)[C@H]3O)cc(OC)cc1C2=O. The summed E-state index contributed by atoms with van der Waals surface area (Å²) in [6.07, 6.45) is -1.32. The molecule has 1 saturated carbocycles. The Labute approximate surface area is 293 Å². The zero-order valence-electron chi connectivity index (χ0n) is 28.3. The molecule has 2 aliphatic carbocycles. The van der Waals surface area contributed by atoms with E-state index in [1.807, 2.05) is 6.07 Å². The minimum absolute atomic E-state index is 0.0150. The van der Waals surface area contributed by atoms with Crippen molar-refractivity contribution in [2.75, 3.05) is 26.5 Å². The monoisotopic (exact) mass is 705 g/mol. The molecule has 51 heavy (non-hydrogen) atoms. The standard InChI is InChI=1S/C36H43N5O10/c1-39-35(38)41-15-22-17(13-36(8-4-3-5-9-36)18-6-7-25(37)40-14-18)10-20-27(29(22)44)31(46)26-21(28(20)43)11-19(49-2)12-23(26)50-34-33(48)32(47)30(45)24(16-42)51-34/h6-7,10-12,14,24,30,32-34,42,44-45,47-48H,3-5,8-9,13,15-16H2,1-2H3,(H2,37,40)(H3,38,39,41)/t24-,30-,32+,33-,34-/m1/s1. The number of pyridine rings is 1. The van der Waals surface area contributed by atoms with Crippen molar-refractivity contribution < 1.29 is 49.3 Å². The van der Waals surface area contributed by atoms with Gasteiger partial charge in [0.25, 0.3) is 0 Å². The number of fused-ring (bicyclic) bond motifs is 2. The van der Waals surface area contributed by atoms with Crippen molar-refractivity contribution in [3.63, 3.8) is 0 Å². The number of ether oxygens (including phenoxy) is 3.